The molecule has 1 heterocycles. The number of ketones is 1. The van der Waals surface area contributed by atoms with Crippen molar-refractivity contribution in [1.29, 1.82) is 0 Å². The number of benzene rings is 2. The van der Waals surface area contributed by atoms with Gasteiger partial charge >= 0.3 is 0 Å². The fraction of sp³-hybridized carbons (Fsp3) is 0.333. The molecule has 2 aromatic rings. The highest BCUT2D eigenvalue weighted by Crippen LogP contribution is 2.46. The number of ether oxygens (including phenoxy) is 2. The number of anilines is 1. The Morgan fingerprint density at radius 1 is 1.18 bits per heavy atom. The summed E-state index contributed by atoms with van der Waals surface area (Å²) >= 11 is 6.30. The number of fused-ring (bicyclic) bond motifs is 1. The van der Waals surface area contributed by atoms with Crippen molar-refractivity contribution in [3.05, 3.63) is 53.1 Å². The van der Waals surface area contributed by atoms with Crippen LogP contribution in [0.15, 0.2) is 42.5 Å². The van der Waals surface area contributed by atoms with Gasteiger partial charge in [0.1, 0.15) is 5.78 Å². The molecule has 0 fully saturated rings. The Kier molecular flexibility index (Phi) is 5.91. The molecule has 6 nitrogen and oxygen atoms in total. The fourth-order valence-electron chi connectivity index (χ4n) is 3.45. The van der Waals surface area contributed by atoms with Crippen molar-refractivity contribution in [1.82, 2.24) is 0 Å². The number of methoxy groups -OCH3 is 1. The molecule has 2 aromatic carbocycles. The van der Waals surface area contributed by atoms with Crippen LogP contribution in [-0.4, -0.2) is 37.1 Å². The predicted octanol–water partition coefficient (Wildman–Crippen LogP) is 3.33. The number of Topliss-reactive ketones (excluding diaryl/α,β-unsaturated/α-hetero) is 1. The van der Waals surface area contributed by atoms with Gasteiger partial charge in [0.05, 0.1) is 24.4 Å². The Morgan fingerprint density at radius 2 is 1.89 bits per heavy atom. The first kappa shape index (κ1) is 20.2. The van der Waals surface area contributed by atoms with E-state index in [1.54, 1.807) is 37.4 Å². The molecule has 1 amide bonds. The Balaban J connectivity index is 1.74. The molecular formula is C21H22ClNO5. The molecule has 1 N–H and O–H groups in total. The predicted molar refractivity (Wildman–Crippen MR) is 106 cm³/mol. The minimum atomic E-state index is -1.88. The summed E-state index contributed by atoms with van der Waals surface area (Å²) in [4.78, 5) is 26.0. The standard InChI is InChI=1S/C21H22ClNO5/c1-14(24)13-21(26)15-7-5-8-16(22)19(15)23(20(21)25)11-6-12-28-18-10-4-3-9-17(18)27-2/h3-5,7-10,26H,6,11-13H2,1-2H3. The lowest BCUT2D eigenvalue weighted by atomic mass is 9.90. The minimum absolute atomic E-state index is 0.275. The molecule has 1 atom stereocenters. The number of hydrogen-bond acceptors (Lipinski definition) is 5. The number of carbonyl (C=O) groups excluding carboxylic acids is 2. The van der Waals surface area contributed by atoms with Crippen molar-refractivity contribution < 1.29 is 24.2 Å². The first-order valence-electron chi connectivity index (χ1n) is 8.97. The van der Waals surface area contributed by atoms with Crippen molar-refractivity contribution in [2.45, 2.75) is 25.4 Å². The van der Waals surface area contributed by atoms with E-state index >= 15 is 0 Å². The zero-order chi connectivity index (χ0) is 20.3. The molecule has 148 valence electrons. The summed E-state index contributed by atoms with van der Waals surface area (Å²) in [5.41, 5.74) is -1.06. The molecule has 0 radical (unpaired) electrons. The van der Waals surface area contributed by atoms with Crippen molar-refractivity contribution >= 4 is 29.0 Å². The molecule has 0 saturated heterocycles. The van der Waals surface area contributed by atoms with Crippen LogP contribution < -0.4 is 14.4 Å². The molecule has 3 rings (SSSR count). The van der Waals surface area contributed by atoms with Gasteiger partial charge in [-0.15, -0.1) is 0 Å². The Bertz CT molecular complexity index is 900. The van der Waals surface area contributed by atoms with Gasteiger partial charge in [-0.25, -0.2) is 0 Å². The molecule has 0 saturated carbocycles. The van der Waals surface area contributed by atoms with Gasteiger partial charge in [0.15, 0.2) is 17.1 Å². The highest BCUT2D eigenvalue weighted by atomic mass is 35.5. The van der Waals surface area contributed by atoms with E-state index in [0.29, 0.717) is 47.3 Å². The third kappa shape index (κ3) is 3.70. The van der Waals surface area contributed by atoms with Crippen LogP contribution >= 0.6 is 11.6 Å². The maximum atomic E-state index is 12.9. The highest BCUT2D eigenvalue weighted by Gasteiger charge is 2.50. The quantitative estimate of drug-likeness (QED) is 0.684. The smallest absolute Gasteiger partial charge is 0.264 e. The number of para-hydroxylation sites is 3. The van der Waals surface area contributed by atoms with Gasteiger partial charge in [-0.1, -0.05) is 35.9 Å². The molecule has 1 aliphatic heterocycles. The molecule has 0 aliphatic carbocycles. The van der Waals surface area contributed by atoms with Crippen molar-refractivity contribution in [2.75, 3.05) is 25.2 Å². The summed E-state index contributed by atoms with van der Waals surface area (Å²) < 4.78 is 11.0. The van der Waals surface area contributed by atoms with Crippen LogP contribution in [0.1, 0.15) is 25.3 Å². The number of carbonyl (C=O) groups is 2. The van der Waals surface area contributed by atoms with Crippen LogP contribution in [-0.2, 0) is 15.2 Å². The summed E-state index contributed by atoms with van der Waals surface area (Å²) in [6, 6.07) is 12.3. The number of hydrogen-bond donors (Lipinski definition) is 1. The molecule has 1 aliphatic rings. The fourth-order valence-corrected chi connectivity index (χ4v) is 3.73. The van der Waals surface area contributed by atoms with Crippen LogP contribution in [0.25, 0.3) is 0 Å². The molecule has 1 unspecified atom stereocenters. The van der Waals surface area contributed by atoms with Crippen LogP contribution in [0.4, 0.5) is 5.69 Å². The number of aliphatic hydroxyl groups is 1. The number of rotatable bonds is 8. The van der Waals surface area contributed by atoms with E-state index in [1.807, 2.05) is 12.1 Å². The summed E-state index contributed by atoms with van der Waals surface area (Å²) in [5.74, 6) is 0.430. The van der Waals surface area contributed by atoms with E-state index in [9.17, 15) is 14.7 Å². The van der Waals surface area contributed by atoms with E-state index in [1.165, 1.54) is 11.8 Å². The summed E-state index contributed by atoms with van der Waals surface area (Å²) in [7, 11) is 1.57. The van der Waals surface area contributed by atoms with Gasteiger partial charge in [-0.2, -0.15) is 0 Å². The Morgan fingerprint density at radius 3 is 2.57 bits per heavy atom. The van der Waals surface area contributed by atoms with Gasteiger partial charge in [0.2, 0.25) is 0 Å². The molecule has 7 heteroatoms. The van der Waals surface area contributed by atoms with Crippen molar-refractivity contribution in [2.24, 2.45) is 0 Å². The third-order valence-electron chi connectivity index (χ3n) is 4.66. The van der Waals surface area contributed by atoms with Gasteiger partial charge < -0.3 is 19.5 Å². The Hall–Kier alpha value is -2.57. The molecule has 0 spiro atoms. The topological polar surface area (TPSA) is 76.1 Å². The number of amides is 1. The summed E-state index contributed by atoms with van der Waals surface area (Å²) in [6.07, 6.45) is 0.220. The molecule has 0 aromatic heterocycles. The van der Waals surface area contributed by atoms with Crippen LogP contribution in [0, 0.1) is 0 Å². The second-order valence-corrected chi connectivity index (χ2v) is 7.09. The van der Waals surface area contributed by atoms with Crippen LogP contribution in [0.5, 0.6) is 11.5 Å². The van der Waals surface area contributed by atoms with Gasteiger partial charge in [0, 0.05) is 18.5 Å². The van der Waals surface area contributed by atoms with E-state index in [2.05, 4.69) is 0 Å². The highest BCUT2D eigenvalue weighted by molar-refractivity contribution is 6.35. The number of halogens is 1. The summed E-state index contributed by atoms with van der Waals surface area (Å²) in [6.45, 7) is 1.99. The van der Waals surface area contributed by atoms with E-state index in [0.717, 1.165) is 0 Å². The van der Waals surface area contributed by atoms with E-state index in [-0.39, 0.29) is 12.2 Å². The lowest BCUT2D eigenvalue weighted by molar-refractivity contribution is -0.141. The lowest BCUT2D eigenvalue weighted by Crippen LogP contribution is -2.42. The zero-order valence-corrected chi connectivity index (χ0v) is 16.5. The van der Waals surface area contributed by atoms with Crippen molar-refractivity contribution in [3.63, 3.8) is 0 Å². The third-order valence-corrected chi connectivity index (χ3v) is 4.96. The molecule has 28 heavy (non-hydrogen) atoms. The second kappa shape index (κ2) is 8.20. The summed E-state index contributed by atoms with van der Waals surface area (Å²) in [5, 5.41) is 11.3. The first-order valence-corrected chi connectivity index (χ1v) is 9.35. The van der Waals surface area contributed by atoms with E-state index < -0.39 is 11.5 Å². The number of nitrogens with zero attached hydrogens (tertiary/aromatic N) is 1. The minimum Gasteiger partial charge on any atom is -0.493 e. The van der Waals surface area contributed by atoms with Crippen LogP contribution in [0.3, 0.4) is 0 Å². The monoisotopic (exact) mass is 403 g/mol. The van der Waals surface area contributed by atoms with Gasteiger partial charge in [0.25, 0.3) is 5.91 Å². The first-order chi connectivity index (χ1) is 13.4. The maximum absolute atomic E-state index is 12.9. The molecular weight excluding hydrogens is 382 g/mol. The maximum Gasteiger partial charge on any atom is 0.264 e. The average molecular weight is 404 g/mol. The largest absolute Gasteiger partial charge is 0.493 e. The van der Waals surface area contributed by atoms with Crippen molar-refractivity contribution in [3.8, 4) is 11.5 Å². The van der Waals surface area contributed by atoms with Gasteiger partial charge in [-0.05, 0) is 31.5 Å². The van der Waals surface area contributed by atoms with E-state index in [4.69, 9.17) is 21.1 Å². The lowest BCUT2D eigenvalue weighted by Gasteiger charge is -2.22. The zero-order valence-electron chi connectivity index (χ0n) is 15.8. The average Bonchev–Trinajstić information content (AvgIpc) is 2.87. The van der Waals surface area contributed by atoms with Crippen LogP contribution in [0.2, 0.25) is 5.02 Å². The molecule has 0 bridgehead atoms. The van der Waals surface area contributed by atoms with Gasteiger partial charge in [-0.3, -0.25) is 9.59 Å². The second-order valence-electron chi connectivity index (χ2n) is 6.68. The normalized spacial score (nSPS) is 18.1. The SMILES string of the molecule is COc1ccccc1OCCCN1C(=O)C(O)(CC(C)=O)c2cccc(Cl)c21. The Labute approximate surface area is 168 Å².